The van der Waals surface area contributed by atoms with Gasteiger partial charge in [0.2, 0.25) is 5.91 Å². The van der Waals surface area contributed by atoms with Crippen LogP contribution in [0.5, 0.6) is 0 Å². The van der Waals surface area contributed by atoms with Crippen LogP contribution in [0.3, 0.4) is 0 Å². The summed E-state index contributed by atoms with van der Waals surface area (Å²) < 4.78 is 5.28. The molecule has 164 valence electrons. The van der Waals surface area contributed by atoms with Gasteiger partial charge < -0.3 is 20.7 Å². The third-order valence-corrected chi connectivity index (χ3v) is 5.86. The lowest BCUT2D eigenvalue weighted by Crippen LogP contribution is -2.54. The van der Waals surface area contributed by atoms with Crippen molar-refractivity contribution in [3.8, 4) is 0 Å². The fourth-order valence-corrected chi connectivity index (χ4v) is 4.09. The minimum absolute atomic E-state index is 0.0207. The second-order valence-electron chi connectivity index (χ2n) is 7.81. The number of amides is 2. The maximum absolute atomic E-state index is 13.6. The summed E-state index contributed by atoms with van der Waals surface area (Å²) in [6.45, 7) is 4.72. The van der Waals surface area contributed by atoms with Crippen molar-refractivity contribution < 1.29 is 14.3 Å². The van der Waals surface area contributed by atoms with E-state index in [1.54, 1.807) is 18.1 Å². The first-order valence-corrected chi connectivity index (χ1v) is 10.7. The molecule has 1 aliphatic heterocycles. The zero-order valence-electron chi connectivity index (χ0n) is 18.4. The summed E-state index contributed by atoms with van der Waals surface area (Å²) in [5.74, 6) is -0.827. The number of carbonyl (C=O) groups is 2. The summed E-state index contributed by atoms with van der Waals surface area (Å²) in [6.07, 6.45) is 2.33. The Morgan fingerprint density at radius 2 is 1.87 bits per heavy atom. The van der Waals surface area contributed by atoms with Crippen LogP contribution in [-0.4, -0.2) is 49.1 Å². The van der Waals surface area contributed by atoms with Gasteiger partial charge in [-0.15, -0.1) is 0 Å². The number of benzene rings is 2. The maximum atomic E-state index is 13.6. The number of carbonyl (C=O) groups excluding carboxylic acids is 2. The van der Waals surface area contributed by atoms with Crippen LogP contribution in [0.4, 0.5) is 0 Å². The summed E-state index contributed by atoms with van der Waals surface area (Å²) in [6, 6.07) is 16.5. The first-order valence-electron chi connectivity index (χ1n) is 10.7. The molecule has 6 heteroatoms. The van der Waals surface area contributed by atoms with Crippen molar-refractivity contribution in [2.45, 2.75) is 38.3 Å². The van der Waals surface area contributed by atoms with E-state index < -0.39 is 12.0 Å². The van der Waals surface area contributed by atoms with Crippen molar-refractivity contribution in [1.82, 2.24) is 10.2 Å². The van der Waals surface area contributed by atoms with E-state index in [2.05, 4.69) is 5.32 Å². The van der Waals surface area contributed by atoms with Gasteiger partial charge in [-0.1, -0.05) is 55.5 Å². The topological polar surface area (TPSA) is 84.7 Å². The zero-order chi connectivity index (χ0) is 22.4. The van der Waals surface area contributed by atoms with E-state index in [1.807, 2.05) is 62.4 Å². The molecule has 6 nitrogen and oxygen atoms in total. The van der Waals surface area contributed by atoms with E-state index >= 15 is 0 Å². The Bertz CT molecular complexity index is 942. The standard InChI is InChI=1S/C25H31N3O3/c1-4-17(2)27-24(29)22-19-12-8-9-13-20(19)25(30)28(14-15-31-3)23(22)21(16-26)18-10-6-5-7-11-18/h5-13,16-17,22-23H,4,14-15,26H2,1-3H3,(H,27,29)/b21-16+. The molecular formula is C25H31N3O3. The Balaban J connectivity index is 2.18. The molecule has 2 amide bonds. The number of nitrogens with one attached hydrogen (secondary N) is 1. The van der Waals surface area contributed by atoms with Gasteiger partial charge in [0.25, 0.3) is 5.91 Å². The van der Waals surface area contributed by atoms with Crippen LogP contribution in [0.25, 0.3) is 5.57 Å². The molecule has 0 saturated carbocycles. The Labute approximate surface area is 184 Å². The van der Waals surface area contributed by atoms with E-state index in [4.69, 9.17) is 10.5 Å². The van der Waals surface area contributed by atoms with E-state index in [1.165, 1.54) is 6.20 Å². The lowest BCUT2D eigenvalue weighted by Gasteiger charge is -2.43. The SMILES string of the molecule is CCC(C)NC(=O)C1c2ccccc2C(=O)N(CCOC)C1/C(=C/N)c1ccccc1. The molecule has 0 spiro atoms. The van der Waals surface area contributed by atoms with Crippen molar-refractivity contribution in [2.75, 3.05) is 20.3 Å². The Morgan fingerprint density at radius 1 is 1.19 bits per heavy atom. The summed E-state index contributed by atoms with van der Waals surface area (Å²) in [7, 11) is 1.60. The minimum atomic E-state index is -0.588. The molecule has 0 aromatic heterocycles. The lowest BCUT2D eigenvalue weighted by molar-refractivity contribution is -0.124. The smallest absolute Gasteiger partial charge is 0.254 e. The summed E-state index contributed by atoms with van der Waals surface area (Å²) >= 11 is 0. The summed E-state index contributed by atoms with van der Waals surface area (Å²) in [5.41, 5.74) is 9.01. The van der Waals surface area contributed by atoms with Crippen molar-refractivity contribution in [2.24, 2.45) is 5.73 Å². The first kappa shape index (κ1) is 22.6. The van der Waals surface area contributed by atoms with Gasteiger partial charge in [0.1, 0.15) is 0 Å². The molecule has 0 fully saturated rings. The number of fused-ring (bicyclic) bond motifs is 1. The van der Waals surface area contributed by atoms with Crippen LogP contribution in [0.1, 0.15) is 47.7 Å². The van der Waals surface area contributed by atoms with Crippen molar-refractivity contribution in [3.63, 3.8) is 0 Å². The molecule has 2 aromatic carbocycles. The monoisotopic (exact) mass is 421 g/mol. The molecule has 3 unspecified atom stereocenters. The fraction of sp³-hybridized carbons (Fsp3) is 0.360. The Hall–Kier alpha value is -3.12. The first-order chi connectivity index (χ1) is 15.0. The zero-order valence-corrected chi connectivity index (χ0v) is 18.4. The van der Waals surface area contributed by atoms with Crippen molar-refractivity contribution in [1.29, 1.82) is 0 Å². The Kier molecular flexibility index (Phi) is 7.47. The van der Waals surface area contributed by atoms with E-state index in [-0.39, 0.29) is 17.9 Å². The molecule has 31 heavy (non-hydrogen) atoms. The Morgan fingerprint density at radius 3 is 2.52 bits per heavy atom. The third-order valence-electron chi connectivity index (χ3n) is 5.86. The van der Waals surface area contributed by atoms with E-state index in [0.29, 0.717) is 18.7 Å². The number of methoxy groups -OCH3 is 1. The highest BCUT2D eigenvalue weighted by molar-refractivity contribution is 6.03. The van der Waals surface area contributed by atoms with Gasteiger partial charge in [-0.2, -0.15) is 0 Å². The molecule has 0 bridgehead atoms. The van der Waals surface area contributed by atoms with Gasteiger partial charge >= 0.3 is 0 Å². The molecule has 0 saturated heterocycles. The molecule has 3 atom stereocenters. The van der Waals surface area contributed by atoms with Gasteiger partial charge in [0.05, 0.1) is 18.6 Å². The van der Waals surface area contributed by atoms with Crippen LogP contribution in [0.2, 0.25) is 0 Å². The molecule has 3 rings (SSSR count). The lowest BCUT2D eigenvalue weighted by atomic mass is 9.77. The van der Waals surface area contributed by atoms with Gasteiger partial charge in [0, 0.05) is 25.3 Å². The normalized spacial score (nSPS) is 19.6. The third kappa shape index (κ3) is 4.64. The summed E-state index contributed by atoms with van der Waals surface area (Å²) in [4.78, 5) is 28.8. The number of nitrogens with zero attached hydrogens (tertiary/aromatic N) is 1. The van der Waals surface area contributed by atoms with E-state index in [0.717, 1.165) is 23.1 Å². The van der Waals surface area contributed by atoms with Gasteiger partial charge in [-0.3, -0.25) is 9.59 Å². The van der Waals surface area contributed by atoms with Crippen LogP contribution >= 0.6 is 0 Å². The second-order valence-corrected chi connectivity index (χ2v) is 7.81. The number of hydrogen-bond donors (Lipinski definition) is 2. The molecule has 0 aliphatic carbocycles. The number of nitrogens with two attached hydrogens (primary N) is 1. The predicted molar refractivity (Wildman–Crippen MR) is 122 cm³/mol. The molecule has 3 N–H and O–H groups in total. The maximum Gasteiger partial charge on any atom is 0.254 e. The largest absolute Gasteiger partial charge is 0.404 e. The van der Waals surface area contributed by atoms with Crippen molar-refractivity contribution in [3.05, 3.63) is 77.5 Å². The van der Waals surface area contributed by atoms with E-state index in [9.17, 15) is 9.59 Å². The molecule has 2 aromatic rings. The van der Waals surface area contributed by atoms with Crippen LogP contribution in [-0.2, 0) is 9.53 Å². The highest BCUT2D eigenvalue weighted by Crippen LogP contribution is 2.40. The number of rotatable bonds is 8. The summed E-state index contributed by atoms with van der Waals surface area (Å²) in [5, 5.41) is 3.12. The molecule has 1 aliphatic rings. The fourth-order valence-electron chi connectivity index (χ4n) is 4.09. The van der Waals surface area contributed by atoms with Crippen LogP contribution in [0, 0.1) is 0 Å². The van der Waals surface area contributed by atoms with Gasteiger partial charge in [0.15, 0.2) is 0 Å². The molecule has 1 heterocycles. The van der Waals surface area contributed by atoms with Gasteiger partial charge in [-0.25, -0.2) is 0 Å². The minimum Gasteiger partial charge on any atom is -0.404 e. The van der Waals surface area contributed by atoms with Crippen LogP contribution < -0.4 is 11.1 Å². The van der Waals surface area contributed by atoms with Gasteiger partial charge in [-0.05, 0) is 42.3 Å². The highest BCUT2D eigenvalue weighted by atomic mass is 16.5. The van der Waals surface area contributed by atoms with Crippen LogP contribution in [0.15, 0.2) is 60.8 Å². The second kappa shape index (κ2) is 10.3. The molecular weight excluding hydrogens is 390 g/mol. The average Bonchev–Trinajstić information content (AvgIpc) is 2.80. The highest BCUT2D eigenvalue weighted by Gasteiger charge is 2.45. The van der Waals surface area contributed by atoms with Crippen molar-refractivity contribution >= 4 is 17.4 Å². The number of hydrogen-bond acceptors (Lipinski definition) is 4. The quantitative estimate of drug-likeness (QED) is 0.686. The predicted octanol–water partition coefficient (Wildman–Crippen LogP) is 3.16. The average molecular weight is 422 g/mol. The molecule has 0 radical (unpaired) electrons. The number of ether oxygens (including phenoxy) is 1.